The Kier molecular flexibility index (Phi) is 1.88. The van der Waals surface area contributed by atoms with Gasteiger partial charge in [0.1, 0.15) is 0 Å². The minimum absolute atomic E-state index is 0.210. The highest BCUT2D eigenvalue weighted by molar-refractivity contribution is 5.59. The molecular formula is C10H13N5. The molecule has 1 aromatic carbocycles. The van der Waals surface area contributed by atoms with E-state index in [2.05, 4.69) is 28.2 Å². The fourth-order valence-electron chi connectivity index (χ4n) is 2.00. The molecule has 5 nitrogen and oxygen atoms in total. The highest BCUT2D eigenvalue weighted by Gasteiger charge is 2.27. The number of nitrogens with two attached hydrogens (primary N) is 1. The van der Waals surface area contributed by atoms with E-state index in [-0.39, 0.29) is 6.04 Å². The van der Waals surface area contributed by atoms with Crippen LogP contribution >= 0.6 is 0 Å². The van der Waals surface area contributed by atoms with Crippen LogP contribution in [0.2, 0.25) is 0 Å². The average molecular weight is 203 g/mol. The number of nitrogens with one attached hydrogen (secondary N) is 3. The van der Waals surface area contributed by atoms with Crippen LogP contribution in [0.25, 0.3) is 0 Å². The normalized spacial score (nSPS) is 24.3. The quantitative estimate of drug-likeness (QED) is 0.455. The van der Waals surface area contributed by atoms with Crippen LogP contribution in [0.1, 0.15) is 11.6 Å². The largest absolute Gasteiger partial charge is 0.360 e. The van der Waals surface area contributed by atoms with Gasteiger partial charge in [0.15, 0.2) is 0 Å². The molecule has 0 saturated carbocycles. The molecule has 0 bridgehead atoms. The van der Waals surface area contributed by atoms with Crippen LogP contribution < -0.4 is 21.9 Å². The summed E-state index contributed by atoms with van der Waals surface area (Å²) in [5.41, 5.74) is 6.54. The van der Waals surface area contributed by atoms with Crippen LogP contribution in [0.3, 0.4) is 0 Å². The van der Waals surface area contributed by atoms with Gasteiger partial charge in [0, 0.05) is 11.9 Å². The molecule has 0 radical (unpaired) electrons. The van der Waals surface area contributed by atoms with Crippen molar-refractivity contribution in [3.8, 4) is 0 Å². The number of anilines is 1. The van der Waals surface area contributed by atoms with Gasteiger partial charge in [-0.05, 0) is 11.6 Å². The molecule has 0 aliphatic carbocycles. The van der Waals surface area contributed by atoms with Gasteiger partial charge in [-0.3, -0.25) is 5.32 Å². The van der Waals surface area contributed by atoms with Gasteiger partial charge in [0.2, 0.25) is 0 Å². The van der Waals surface area contributed by atoms with Crippen molar-refractivity contribution in [3.63, 3.8) is 0 Å². The molecule has 1 saturated heterocycles. The topological polar surface area (TPSA) is 65.3 Å². The minimum Gasteiger partial charge on any atom is -0.360 e. The first-order chi connectivity index (χ1) is 7.34. The molecule has 3 rings (SSSR count). The Hall–Kier alpha value is -1.56. The van der Waals surface area contributed by atoms with Crippen LogP contribution in [0, 0.1) is 0 Å². The van der Waals surface area contributed by atoms with E-state index >= 15 is 0 Å². The van der Waals surface area contributed by atoms with E-state index in [0.717, 1.165) is 11.4 Å². The van der Waals surface area contributed by atoms with E-state index in [9.17, 15) is 0 Å². The molecule has 2 heterocycles. The van der Waals surface area contributed by atoms with E-state index in [4.69, 9.17) is 5.84 Å². The number of fused-ring (bicyclic) bond motifs is 3. The molecule has 1 fully saturated rings. The first-order valence-electron chi connectivity index (χ1n) is 4.92. The Balaban J connectivity index is 1.99. The molecule has 78 valence electrons. The van der Waals surface area contributed by atoms with Crippen molar-refractivity contribution in [2.24, 2.45) is 5.84 Å². The van der Waals surface area contributed by atoms with Crippen LogP contribution in [0.15, 0.2) is 36.2 Å². The summed E-state index contributed by atoms with van der Waals surface area (Å²) in [4.78, 5) is 0. The fraction of sp³-hybridized carbons (Fsp3) is 0.200. The zero-order valence-electron chi connectivity index (χ0n) is 8.20. The van der Waals surface area contributed by atoms with E-state index < -0.39 is 0 Å². The number of hydrazine groups is 2. The summed E-state index contributed by atoms with van der Waals surface area (Å²) < 4.78 is 0. The zero-order valence-corrected chi connectivity index (χ0v) is 8.20. The molecule has 1 unspecified atom stereocenters. The molecule has 1 atom stereocenters. The van der Waals surface area contributed by atoms with Crippen LogP contribution in [0.4, 0.5) is 5.69 Å². The van der Waals surface area contributed by atoms with Crippen molar-refractivity contribution >= 4 is 5.69 Å². The lowest BCUT2D eigenvalue weighted by atomic mass is 9.99. The summed E-state index contributed by atoms with van der Waals surface area (Å²) in [5.74, 6) is 5.65. The lowest BCUT2D eigenvalue weighted by Gasteiger charge is -2.37. The second kappa shape index (κ2) is 3.23. The molecule has 0 amide bonds. The van der Waals surface area contributed by atoms with Gasteiger partial charge < -0.3 is 10.7 Å². The SMILES string of the molecule is NN1CNC2C(=CNc3ccccc32)N1. The summed E-state index contributed by atoms with van der Waals surface area (Å²) in [6.07, 6.45) is 1.94. The Morgan fingerprint density at radius 3 is 3.13 bits per heavy atom. The first-order valence-corrected chi connectivity index (χ1v) is 4.92. The maximum atomic E-state index is 5.65. The smallest absolute Gasteiger partial charge is 0.0835 e. The number of hydrogen-bond donors (Lipinski definition) is 4. The zero-order chi connectivity index (χ0) is 10.3. The third-order valence-corrected chi connectivity index (χ3v) is 2.70. The lowest BCUT2D eigenvalue weighted by molar-refractivity contribution is 0.150. The van der Waals surface area contributed by atoms with Crippen molar-refractivity contribution in [1.82, 2.24) is 15.9 Å². The van der Waals surface area contributed by atoms with E-state index in [1.807, 2.05) is 18.3 Å². The van der Waals surface area contributed by atoms with Crippen LogP contribution in [-0.4, -0.2) is 11.8 Å². The molecular weight excluding hydrogens is 190 g/mol. The monoisotopic (exact) mass is 203 g/mol. The van der Waals surface area contributed by atoms with Crippen molar-refractivity contribution in [1.29, 1.82) is 0 Å². The molecule has 0 aromatic heterocycles. The Labute approximate surface area is 87.9 Å². The van der Waals surface area contributed by atoms with E-state index in [1.165, 1.54) is 10.7 Å². The van der Waals surface area contributed by atoms with Gasteiger partial charge in [-0.1, -0.05) is 18.2 Å². The van der Waals surface area contributed by atoms with Crippen LogP contribution in [0.5, 0.6) is 0 Å². The van der Waals surface area contributed by atoms with Gasteiger partial charge in [-0.15, -0.1) is 5.12 Å². The molecule has 5 N–H and O–H groups in total. The summed E-state index contributed by atoms with van der Waals surface area (Å²) in [5, 5.41) is 8.12. The van der Waals surface area contributed by atoms with Gasteiger partial charge in [0.05, 0.1) is 18.4 Å². The van der Waals surface area contributed by atoms with Crippen LogP contribution in [-0.2, 0) is 0 Å². The Morgan fingerprint density at radius 1 is 1.33 bits per heavy atom. The summed E-state index contributed by atoms with van der Waals surface area (Å²) >= 11 is 0. The highest BCUT2D eigenvalue weighted by Crippen LogP contribution is 2.32. The van der Waals surface area contributed by atoms with Gasteiger partial charge in [-0.25, -0.2) is 5.84 Å². The molecule has 5 heteroatoms. The highest BCUT2D eigenvalue weighted by atomic mass is 15.7. The molecule has 2 aliphatic heterocycles. The number of benzene rings is 1. The van der Waals surface area contributed by atoms with Crippen molar-refractivity contribution in [2.75, 3.05) is 12.0 Å². The van der Waals surface area contributed by atoms with Crippen molar-refractivity contribution < 1.29 is 0 Å². The van der Waals surface area contributed by atoms with E-state index in [0.29, 0.717) is 6.67 Å². The minimum atomic E-state index is 0.210. The van der Waals surface area contributed by atoms with Crippen molar-refractivity contribution in [2.45, 2.75) is 6.04 Å². The standard InChI is InChI=1S/C10H13N5/c11-15-6-13-10-7-3-1-2-4-8(7)12-5-9(10)14-15/h1-5,10,12-14H,6,11H2. The third kappa shape index (κ3) is 1.37. The maximum absolute atomic E-state index is 5.65. The molecule has 2 aliphatic rings. The van der Waals surface area contributed by atoms with Gasteiger partial charge in [-0.2, -0.15) is 0 Å². The fourth-order valence-corrected chi connectivity index (χ4v) is 2.00. The summed E-state index contributed by atoms with van der Waals surface area (Å²) in [7, 11) is 0. The molecule has 15 heavy (non-hydrogen) atoms. The Bertz CT molecular complexity index is 414. The van der Waals surface area contributed by atoms with Crippen molar-refractivity contribution in [3.05, 3.63) is 41.7 Å². The number of hydrogen-bond acceptors (Lipinski definition) is 5. The predicted octanol–water partition coefficient (Wildman–Crippen LogP) is 0.236. The first kappa shape index (κ1) is 8.72. The summed E-state index contributed by atoms with van der Waals surface area (Å²) in [6.45, 7) is 0.621. The summed E-state index contributed by atoms with van der Waals surface area (Å²) in [6, 6.07) is 8.46. The average Bonchev–Trinajstić information content (AvgIpc) is 2.28. The second-order valence-electron chi connectivity index (χ2n) is 3.71. The number of para-hydroxylation sites is 1. The maximum Gasteiger partial charge on any atom is 0.0835 e. The van der Waals surface area contributed by atoms with Gasteiger partial charge in [0.25, 0.3) is 0 Å². The van der Waals surface area contributed by atoms with Gasteiger partial charge >= 0.3 is 0 Å². The van der Waals surface area contributed by atoms with E-state index in [1.54, 1.807) is 0 Å². The molecule has 0 spiro atoms. The Morgan fingerprint density at radius 2 is 2.20 bits per heavy atom. The molecule has 1 aromatic rings. The number of rotatable bonds is 0. The predicted molar refractivity (Wildman–Crippen MR) is 58.1 cm³/mol. The lowest BCUT2D eigenvalue weighted by Crippen LogP contribution is -2.56. The second-order valence-corrected chi connectivity index (χ2v) is 3.71. The third-order valence-electron chi connectivity index (χ3n) is 2.70. The number of nitrogens with zero attached hydrogens (tertiary/aromatic N) is 1.